The number of nitrogens with one attached hydrogen (secondary N) is 1. The molecule has 0 bridgehead atoms. The zero-order chi connectivity index (χ0) is 18.6. The van der Waals surface area contributed by atoms with Crippen molar-refractivity contribution < 1.29 is 9.53 Å². The second-order valence-electron chi connectivity index (χ2n) is 8.28. The van der Waals surface area contributed by atoms with Gasteiger partial charge in [-0.25, -0.2) is 4.79 Å². The van der Waals surface area contributed by atoms with E-state index in [1.807, 2.05) is 13.0 Å². The molecule has 4 heteroatoms. The molecule has 0 atom stereocenters. The van der Waals surface area contributed by atoms with Gasteiger partial charge in [-0.2, -0.15) is 0 Å². The van der Waals surface area contributed by atoms with Gasteiger partial charge in [0.1, 0.15) is 4.88 Å². The first-order valence-corrected chi connectivity index (χ1v) is 10.8. The summed E-state index contributed by atoms with van der Waals surface area (Å²) in [6.45, 7) is 4.62. The lowest BCUT2D eigenvalue weighted by Gasteiger charge is -2.10. The first-order valence-electron chi connectivity index (χ1n) is 9.98. The Kier molecular flexibility index (Phi) is 3.94. The molecule has 1 N–H and O–H groups in total. The van der Waals surface area contributed by atoms with Gasteiger partial charge in [0.15, 0.2) is 0 Å². The SMILES string of the molecule is CCOC(=O)c1ccc(Cc2c(C3(C)CC3)[nH]c3cc(C4CC4)ccc23)s1. The van der Waals surface area contributed by atoms with E-state index in [9.17, 15) is 4.79 Å². The second-order valence-corrected chi connectivity index (χ2v) is 9.45. The highest BCUT2D eigenvalue weighted by atomic mass is 32.1. The number of aromatic amines is 1. The Labute approximate surface area is 163 Å². The van der Waals surface area contributed by atoms with Crippen molar-refractivity contribution in [2.45, 2.75) is 57.3 Å². The molecule has 0 aliphatic heterocycles. The highest BCUT2D eigenvalue weighted by Gasteiger charge is 2.42. The summed E-state index contributed by atoms with van der Waals surface area (Å²) in [7, 11) is 0. The van der Waals surface area contributed by atoms with Gasteiger partial charge in [-0.15, -0.1) is 11.3 Å². The molecule has 2 aromatic heterocycles. The Morgan fingerprint density at radius 1 is 1.26 bits per heavy atom. The van der Waals surface area contributed by atoms with Crippen LogP contribution in [-0.2, 0) is 16.6 Å². The van der Waals surface area contributed by atoms with Crippen molar-refractivity contribution >= 4 is 28.2 Å². The Balaban J connectivity index is 1.52. The van der Waals surface area contributed by atoms with E-state index in [0.717, 1.165) is 12.3 Å². The summed E-state index contributed by atoms with van der Waals surface area (Å²) in [4.78, 5) is 17.7. The average molecular weight is 380 g/mol. The van der Waals surface area contributed by atoms with Crippen LogP contribution in [0.25, 0.3) is 10.9 Å². The summed E-state index contributed by atoms with van der Waals surface area (Å²) in [6, 6.07) is 11.0. The van der Waals surface area contributed by atoms with Gasteiger partial charge in [0, 0.05) is 33.3 Å². The van der Waals surface area contributed by atoms with E-state index >= 15 is 0 Å². The summed E-state index contributed by atoms with van der Waals surface area (Å²) < 4.78 is 5.14. The van der Waals surface area contributed by atoms with Crippen LogP contribution < -0.4 is 0 Å². The molecule has 3 nitrogen and oxygen atoms in total. The van der Waals surface area contributed by atoms with Gasteiger partial charge < -0.3 is 9.72 Å². The van der Waals surface area contributed by atoms with Gasteiger partial charge in [0.25, 0.3) is 0 Å². The van der Waals surface area contributed by atoms with Crippen LogP contribution in [0.5, 0.6) is 0 Å². The van der Waals surface area contributed by atoms with E-state index in [1.54, 1.807) is 11.3 Å². The Morgan fingerprint density at radius 3 is 2.78 bits per heavy atom. The lowest BCUT2D eigenvalue weighted by Crippen LogP contribution is -2.04. The zero-order valence-corrected chi connectivity index (χ0v) is 16.7. The number of thiophene rings is 1. The number of hydrogen-bond donors (Lipinski definition) is 1. The molecule has 1 aromatic carbocycles. The summed E-state index contributed by atoms with van der Waals surface area (Å²) in [5.74, 6) is 0.557. The maximum Gasteiger partial charge on any atom is 0.348 e. The minimum Gasteiger partial charge on any atom is -0.462 e. The third-order valence-corrected chi connectivity index (χ3v) is 7.14. The van der Waals surface area contributed by atoms with Gasteiger partial charge in [-0.1, -0.05) is 19.1 Å². The average Bonchev–Trinajstić information content (AvgIpc) is 3.56. The smallest absolute Gasteiger partial charge is 0.348 e. The number of benzene rings is 1. The van der Waals surface area contributed by atoms with E-state index < -0.39 is 0 Å². The minimum absolute atomic E-state index is 0.212. The summed E-state index contributed by atoms with van der Waals surface area (Å²) in [5.41, 5.74) is 5.85. The molecule has 0 radical (unpaired) electrons. The molecule has 2 heterocycles. The van der Waals surface area contributed by atoms with E-state index in [1.165, 1.54) is 58.3 Å². The minimum atomic E-state index is -0.212. The molecule has 2 fully saturated rings. The first-order chi connectivity index (χ1) is 13.1. The van der Waals surface area contributed by atoms with Crippen molar-refractivity contribution in [2.24, 2.45) is 0 Å². The molecule has 0 spiro atoms. The van der Waals surface area contributed by atoms with Crippen molar-refractivity contribution in [3.63, 3.8) is 0 Å². The highest BCUT2D eigenvalue weighted by Crippen LogP contribution is 2.50. The maximum atomic E-state index is 12.0. The van der Waals surface area contributed by atoms with Crippen LogP contribution in [0.15, 0.2) is 30.3 Å². The Morgan fingerprint density at radius 2 is 2.07 bits per heavy atom. The summed E-state index contributed by atoms with van der Waals surface area (Å²) >= 11 is 1.56. The summed E-state index contributed by atoms with van der Waals surface area (Å²) in [6.07, 6.45) is 6.03. The first kappa shape index (κ1) is 17.1. The maximum absolute atomic E-state index is 12.0. The van der Waals surface area contributed by atoms with E-state index in [4.69, 9.17) is 4.74 Å². The van der Waals surface area contributed by atoms with Crippen molar-refractivity contribution in [3.8, 4) is 0 Å². The number of fused-ring (bicyclic) bond motifs is 1. The number of esters is 1. The Bertz CT molecular complexity index is 1020. The number of H-pyrrole nitrogens is 1. The topological polar surface area (TPSA) is 42.1 Å². The molecular formula is C23H25NO2S. The van der Waals surface area contributed by atoms with E-state index in [0.29, 0.717) is 11.5 Å². The van der Waals surface area contributed by atoms with Gasteiger partial charge in [-0.3, -0.25) is 0 Å². The highest BCUT2D eigenvalue weighted by molar-refractivity contribution is 7.14. The normalized spacial score (nSPS) is 18.0. The monoisotopic (exact) mass is 379 g/mol. The third-order valence-electron chi connectivity index (χ3n) is 6.07. The van der Waals surface area contributed by atoms with Crippen molar-refractivity contribution in [3.05, 3.63) is 56.9 Å². The molecule has 2 saturated carbocycles. The number of hydrogen-bond acceptors (Lipinski definition) is 3. The lowest BCUT2D eigenvalue weighted by atomic mass is 9.96. The molecule has 0 unspecified atom stereocenters. The van der Waals surface area contributed by atoms with Gasteiger partial charge in [0.05, 0.1) is 6.61 Å². The Hall–Kier alpha value is -2.07. The molecule has 0 saturated heterocycles. The van der Waals surface area contributed by atoms with Crippen LogP contribution in [0.4, 0.5) is 0 Å². The molecule has 0 amide bonds. The van der Waals surface area contributed by atoms with Gasteiger partial charge >= 0.3 is 5.97 Å². The lowest BCUT2D eigenvalue weighted by molar-refractivity contribution is 0.0532. The van der Waals surface area contributed by atoms with Crippen molar-refractivity contribution in [1.29, 1.82) is 0 Å². The van der Waals surface area contributed by atoms with Crippen LogP contribution >= 0.6 is 11.3 Å². The molecule has 2 aliphatic carbocycles. The molecule has 27 heavy (non-hydrogen) atoms. The fourth-order valence-electron chi connectivity index (χ4n) is 4.04. The standard InChI is InChI=1S/C23H25NO2S/c1-3-26-22(25)20-9-7-16(27-20)13-18-17-8-6-15(14-4-5-14)12-19(17)24-21(18)23(2)10-11-23/h6-9,12,14,24H,3-5,10-11,13H2,1-2H3. The van der Waals surface area contributed by atoms with Gasteiger partial charge in [-0.05, 0) is 67.9 Å². The molecule has 5 rings (SSSR count). The molecular weight excluding hydrogens is 354 g/mol. The van der Waals surface area contributed by atoms with Crippen LogP contribution in [0, 0.1) is 0 Å². The largest absolute Gasteiger partial charge is 0.462 e. The van der Waals surface area contributed by atoms with Crippen LogP contribution in [0.1, 0.15) is 76.8 Å². The van der Waals surface area contributed by atoms with Crippen LogP contribution in [-0.4, -0.2) is 17.6 Å². The predicted molar refractivity (Wildman–Crippen MR) is 110 cm³/mol. The predicted octanol–water partition coefficient (Wildman–Crippen LogP) is 5.93. The quantitative estimate of drug-likeness (QED) is 0.540. The fourth-order valence-corrected chi connectivity index (χ4v) is 4.95. The van der Waals surface area contributed by atoms with Crippen LogP contribution in [0.3, 0.4) is 0 Å². The third kappa shape index (κ3) is 3.10. The van der Waals surface area contributed by atoms with Crippen molar-refractivity contribution in [2.75, 3.05) is 6.61 Å². The number of carbonyl (C=O) groups is 1. The second kappa shape index (κ2) is 6.23. The van der Waals surface area contributed by atoms with E-state index in [2.05, 4.69) is 36.2 Å². The van der Waals surface area contributed by atoms with E-state index in [-0.39, 0.29) is 11.4 Å². The number of aromatic nitrogens is 1. The van der Waals surface area contributed by atoms with Gasteiger partial charge in [0.2, 0.25) is 0 Å². The zero-order valence-electron chi connectivity index (χ0n) is 15.9. The van der Waals surface area contributed by atoms with Crippen LogP contribution in [0.2, 0.25) is 0 Å². The molecule has 140 valence electrons. The number of rotatable bonds is 6. The molecule has 3 aromatic rings. The summed E-state index contributed by atoms with van der Waals surface area (Å²) in [5, 5.41) is 1.34. The number of carbonyl (C=O) groups excluding carboxylic acids is 1. The fraction of sp³-hybridized carbons (Fsp3) is 0.435. The van der Waals surface area contributed by atoms with Crippen molar-refractivity contribution in [1.82, 2.24) is 4.98 Å². The molecule has 2 aliphatic rings. The number of ether oxygens (including phenoxy) is 1.